The third kappa shape index (κ3) is 3.78. The molecular weight excluding hydrogens is 295 g/mol. The van der Waals surface area contributed by atoms with Crippen molar-refractivity contribution in [1.29, 1.82) is 0 Å². The summed E-state index contributed by atoms with van der Waals surface area (Å²) in [6, 6.07) is 0. The summed E-state index contributed by atoms with van der Waals surface area (Å²) < 4.78 is 0. The van der Waals surface area contributed by atoms with Gasteiger partial charge in [0.1, 0.15) is 0 Å². The summed E-state index contributed by atoms with van der Waals surface area (Å²) in [5.74, 6) is 0. The average Bonchev–Trinajstić information content (AvgIpc) is 2.28. The van der Waals surface area contributed by atoms with E-state index in [2.05, 4.69) is 59.0 Å². The Labute approximate surface area is 128 Å². The van der Waals surface area contributed by atoms with Gasteiger partial charge in [0.15, 0.2) is 0 Å². The average molecular weight is 318 g/mol. The van der Waals surface area contributed by atoms with Crippen molar-refractivity contribution in [3.05, 3.63) is 23.5 Å². The Balaban J connectivity index is 0.00000169. The van der Waals surface area contributed by atoms with Crippen LogP contribution in [0.2, 0.25) is 0 Å². The van der Waals surface area contributed by atoms with Crippen LogP contribution in [0.1, 0.15) is 41.5 Å². The van der Waals surface area contributed by atoms with Gasteiger partial charge in [0.2, 0.25) is 0 Å². The summed E-state index contributed by atoms with van der Waals surface area (Å²) in [5.41, 5.74) is 2.72. The van der Waals surface area contributed by atoms with E-state index < -0.39 is 0 Å². The van der Waals surface area contributed by atoms with Gasteiger partial charge in [-0.3, -0.25) is 5.32 Å². The van der Waals surface area contributed by atoms with E-state index in [4.69, 9.17) is 0 Å². The zero-order valence-electron chi connectivity index (χ0n) is 9.60. The van der Waals surface area contributed by atoms with Gasteiger partial charge < -0.3 is 0 Å². The van der Waals surface area contributed by atoms with E-state index >= 15 is 0 Å². The first-order chi connectivity index (χ1) is 5.71. The molecule has 1 aliphatic heterocycles. The Morgan fingerprint density at radius 1 is 0.786 bits per heavy atom. The van der Waals surface area contributed by atoms with Crippen LogP contribution in [0.3, 0.4) is 0 Å². The number of rotatable bonds is 0. The minimum atomic E-state index is 0. The molecule has 0 aliphatic carbocycles. The normalized spacial score (nSPS) is 16.7. The Morgan fingerprint density at radius 3 is 1.21 bits per heavy atom. The van der Waals surface area contributed by atoms with Crippen molar-refractivity contribution >= 4 is 48.9 Å². The quantitative estimate of drug-likeness (QED) is 0.610. The van der Waals surface area contributed by atoms with Crippen LogP contribution >= 0.6 is 0 Å². The molecule has 14 heavy (non-hydrogen) atoms. The van der Waals surface area contributed by atoms with Crippen molar-refractivity contribution < 1.29 is 0 Å². The fraction of sp³-hybridized carbons (Fsp3) is 0.667. The van der Waals surface area contributed by atoms with E-state index in [-0.39, 0.29) is 59.7 Å². The molecule has 0 amide bonds. The van der Waals surface area contributed by atoms with E-state index in [0.717, 1.165) is 0 Å². The molecule has 0 atom stereocenters. The van der Waals surface area contributed by atoms with E-state index in [1.54, 1.807) is 0 Å². The molecule has 1 heterocycles. The van der Waals surface area contributed by atoms with E-state index in [1.165, 1.54) is 11.4 Å². The molecule has 1 radical (unpaired) electrons. The first-order valence-electron chi connectivity index (χ1n) is 4.86. The van der Waals surface area contributed by atoms with Gasteiger partial charge in [-0.25, -0.2) is 0 Å². The van der Waals surface area contributed by atoms with Gasteiger partial charge in [0.25, 0.3) is 0 Å². The molecule has 0 unspecified atom stereocenters. The number of hydrogen-bond donors (Lipinski definition) is 0. The third-order valence-corrected chi connectivity index (χ3v) is 2.18. The topological polar surface area (TPSA) is 14.1 Å². The molecule has 0 fully saturated rings. The Morgan fingerprint density at radius 2 is 1.07 bits per heavy atom. The van der Waals surface area contributed by atoms with Crippen molar-refractivity contribution in [2.24, 2.45) is 10.8 Å². The summed E-state index contributed by atoms with van der Waals surface area (Å²) in [5, 5.41) is 4.65. The molecule has 0 aromatic rings. The van der Waals surface area contributed by atoms with E-state index in [0.29, 0.717) is 0 Å². The maximum atomic E-state index is 4.65. The second kappa shape index (κ2) is 4.79. The predicted octanol–water partition coefficient (Wildman–Crippen LogP) is 2.55. The molecule has 1 aliphatic rings. The van der Waals surface area contributed by atoms with Crippen LogP contribution in [0.15, 0.2) is 23.5 Å². The molecule has 0 aromatic heterocycles. The molecule has 0 N–H and O–H groups in total. The fourth-order valence-electron chi connectivity index (χ4n) is 1.20. The van der Waals surface area contributed by atoms with Crippen LogP contribution in [0, 0.1) is 10.8 Å². The first kappa shape index (κ1) is 14.9. The van der Waals surface area contributed by atoms with Crippen molar-refractivity contribution in [2.75, 3.05) is 0 Å². The monoisotopic (exact) mass is 318 g/mol. The second-order valence-electron chi connectivity index (χ2n) is 5.72. The summed E-state index contributed by atoms with van der Waals surface area (Å²) in [7, 11) is 0. The Bertz CT molecular complexity index is 233. The van der Waals surface area contributed by atoms with Crippen LogP contribution in [0.5, 0.6) is 0 Å². The summed E-state index contributed by atoms with van der Waals surface area (Å²) >= 11 is 0. The number of nitrogens with zero attached hydrogens (tertiary/aromatic N) is 1. The predicted molar refractivity (Wildman–Crippen MR) is 65.8 cm³/mol. The second-order valence-corrected chi connectivity index (χ2v) is 5.72. The molecule has 2 heteroatoms. The van der Waals surface area contributed by atoms with Crippen LogP contribution in [-0.2, 0) is 0 Å². The molecule has 0 aromatic carbocycles. The van der Waals surface area contributed by atoms with Crippen LogP contribution < -0.4 is 5.32 Å². The van der Waals surface area contributed by atoms with Crippen molar-refractivity contribution in [1.82, 2.24) is 5.32 Å². The summed E-state index contributed by atoms with van der Waals surface area (Å²) in [4.78, 5) is 0. The zero-order valence-corrected chi connectivity index (χ0v) is 9.60. The third-order valence-electron chi connectivity index (χ3n) is 2.18. The minimum absolute atomic E-state index is 0. The Hall–Kier alpha value is 0.851. The molecule has 1 rings (SSSR count). The molecule has 1 nitrogen and oxygen atoms in total. The van der Waals surface area contributed by atoms with Gasteiger partial charge in [0.05, 0.1) is 0 Å². The van der Waals surface area contributed by atoms with Gasteiger partial charge in [0, 0.05) is 22.2 Å². The maximum absolute atomic E-state index is 4.65. The van der Waals surface area contributed by atoms with E-state index in [1.807, 2.05) is 0 Å². The van der Waals surface area contributed by atoms with Crippen molar-refractivity contribution in [3.8, 4) is 0 Å². The van der Waals surface area contributed by atoms with Gasteiger partial charge in [-0.2, -0.15) is 0 Å². The fourth-order valence-corrected chi connectivity index (χ4v) is 1.20. The van der Waals surface area contributed by atoms with Crippen molar-refractivity contribution in [3.63, 3.8) is 0 Å². The summed E-state index contributed by atoms with van der Waals surface area (Å²) in [6.45, 7) is 13.2. The van der Waals surface area contributed by atoms with Crippen LogP contribution in [0.25, 0.3) is 0 Å². The van der Waals surface area contributed by atoms with Gasteiger partial charge in [-0.05, 0) is 12.2 Å². The van der Waals surface area contributed by atoms with Crippen LogP contribution in [0.4, 0.5) is 0 Å². The molecule has 0 saturated heterocycles. The SMILES string of the molecule is CC(C)(C)C1=CC=C(C(C)(C)C)[N]1.[BaH2]. The van der Waals surface area contributed by atoms with Gasteiger partial charge in [-0.1, -0.05) is 41.5 Å². The summed E-state index contributed by atoms with van der Waals surface area (Å²) in [6.07, 6.45) is 4.28. The Kier molecular flexibility index (Phi) is 5.08. The number of hydrogen-bond acceptors (Lipinski definition) is 0. The molecule has 0 saturated carbocycles. The number of allylic oxidation sites excluding steroid dienone is 4. The molecule has 77 valence electrons. The zero-order chi connectivity index (χ0) is 10.3. The molecular formula is C12H22BaN. The standard InChI is InChI=1S/C12H20N.Ba.2H/c1-11(2,3)9-7-8-10(13-9)12(4,5)6;;;/h7-8H,1-6H3;;;. The van der Waals surface area contributed by atoms with Crippen LogP contribution in [-0.4, -0.2) is 48.9 Å². The van der Waals surface area contributed by atoms with Gasteiger partial charge >= 0.3 is 48.9 Å². The molecule has 0 spiro atoms. The molecule has 0 bridgehead atoms. The first-order valence-corrected chi connectivity index (χ1v) is 4.86. The van der Waals surface area contributed by atoms with E-state index in [9.17, 15) is 0 Å². The van der Waals surface area contributed by atoms with Crippen molar-refractivity contribution in [2.45, 2.75) is 41.5 Å². The van der Waals surface area contributed by atoms with Gasteiger partial charge in [-0.15, -0.1) is 0 Å².